The summed E-state index contributed by atoms with van der Waals surface area (Å²) in [6, 6.07) is 12.8. The molecule has 0 amide bonds. The zero-order chi connectivity index (χ0) is 17.9. The molecule has 0 atom stereocenters. The monoisotopic (exact) mass is 342 g/mol. The first kappa shape index (κ1) is 17.4. The van der Waals surface area contributed by atoms with E-state index in [9.17, 15) is 4.39 Å². The minimum absolute atomic E-state index is 0.330. The standard InChI is InChI=1S/C20H23FN2O2/c1-4-23(3)14-22-19-10-15(2)17(11-18(19)21)20(12-24-13-20)25-16-8-6-5-7-9-16/h5-11,14H,4,12-13H2,1-3H3. The van der Waals surface area contributed by atoms with E-state index < -0.39 is 5.60 Å². The first-order valence-electron chi connectivity index (χ1n) is 8.41. The molecule has 0 unspecified atom stereocenters. The van der Waals surface area contributed by atoms with Crippen LogP contribution in [0.15, 0.2) is 47.5 Å². The topological polar surface area (TPSA) is 34.1 Å². The van der Waals surface area contributed by atoms with Crippen LogP contribution in [0.3, 0.4) is 0 Å². The van der Waals surface area contributed by atoms with Gasteiger partial charge in [0.05, 0.1) is 19.6 Å². The van der Waals surface area contributed by atoms with Gasteiger partial charge in [-0.2, -0.15) is 0 Å². The number of nitrogens with zero attached hydrogens (tertiary/aromatic N) is 2. The number of aliphatic imine (C=N–C) groups is 1. The summed E-state index contributed by atoms with van der Waals surface area (Å²) in [7, 11) is 1.90. The van der Waals surface area contributed by atoms with Crippen LogP contribution in [0.4, 0.5) is 10.1 Å². The van der Waals surface area contributed by atoms with Crippen molar-refractivity contribution >= 4 is 12.0 Å². The van der Waals surface area contributed by atoms with Gasteiger partial charge in [-0.05, 0) is 43.7 Å². The molecular weight excluding hydrogens is 319 g/mol. The minimum Gasteiger partial charge on any atom is -0.478 e. The van der Waals surface area contributed by atoms with E-state index in [1.165, 1.54) is 6.07 Å². The first-order valence-corrected chi connectivity index (χ1v) is 8.41. The molecule has 0 aromatic heterocycles. The van der Waals surface area contributed by atoms with Crippen molar-refractivity contribution in [2.24, 2.45) is 4.99 Å². The van der Waals surface area contributed by atoms with Crippen molar-refractivity contribution in [2.45, 2.75) is 19.4 Å². The fourth-order valence-corrected chi connectivity index (χ4v) is 2.77. The van der Waals surface area contributed by atoms with Gasteiger partial charge >= 0.3 is 0 Å². The van der Waals surface area contributed by atoms with Crippen molar-refractivity contribution in [1.29, 1.82) is 0 Å². The molecule has 0 radical (unpaired) electrons. The maximum atomic E-state index is 14.6. The van der Waals surface area contributed by atoms with E-state index in [1.807, 2.05) is 56.1 Å². The molecule has 4 nitrogen and oxygen atoms in total. The molecule has 1 aliphatic rings. The number of ether oxygens (including phenoxy) is 2. The predicted molar refractivity (Wildman–Crippen MR) is 97.2 cm³/mol. The third kappa shape index (κ3) is 3.66. The van der Waals surface area contributed by atoms with Gasteiger partial charge in [0.25, 0.3) is 0 Å². The van der Waals surface area contributed by atoms with Crippen LogP contribution < -0.4 is 4.74 Å². The molecule has 0 N–H and O–H groups in total. The Kier molecular flexibility index (Phi) is 5.04. The van der Waals surface area contributed by atoms with Crippen LogP contribution >= 0.6 is 0 Å². The highest BCUT2D eigenvalue weighted by atomic mass is 19.1. The number of hydrogen-bond donors (Lipinski definition) is 0. The van der Waals surface area contributed by atoms with Crippen LogP contribution in [0.5, 0.6) is 5.75 Å². The molecular formula is C20H23FN2O2. The van der Waals surface area contributed by atoms with Crippen LogP contribution in [0.1, 0.15) is 18.1 Å². The fourth-order valence-electron chi connectivity index (χ4n) is 2.77. The Hall–Kier alpha value is -2.40. The van der Waals surface area contributed by atoms with Gasteiger partial charge < -0.3 is 14.4 Å². The van der Waals surface area contributed by atoms with Crippen LogP contribution in [0.2, 0.25) is 0 Å². The summed E-state index contributed by atoms with van der Waals surface area (Å²) in [5.41, 5.74) is 1.43. The minimum atomic E-state index is -0.644. The first-order chi connectivity index (χ1) is 12.0. The largest absolute Gasteiger partial charge is 0.478 e. The van der Waals surface area contributed by atoms with Gasteiger partial charge in [0.15, 0.2) is 5.60 Å². The lowest BCUT2D eigenvalue weighted by atomic mass is 9.87. The van der Waals surface area contributed by atoms with Crippen molar-refractivity contribution in [1.82, 2.24) is 4.90 Å². The summed E-state index contributed by atoms with van der Waals surface area (Å²) in [5, 5.41) is 0. The number of benzene rings is 2. The van der Waals surface area contributed by atoms with Crippen molar-refractivity contribution in [3.8, 4) is 5.75 Å². The van der Waals surface area contributed by atoms with Crippen molar-refractivity contribution in [2.75, 3.05) is 26.8 Å². The highest BCUT2D eigenvalue weighted by Crippen LogP contribution is 2.38. The van der Waals surface area contributed by atoms with Gasteiger partial charge in [-0.25, -0.2) is 9.38 Å². The number of rotatable bonds is 6. The Bertz CT molecular complexity index is 758. The van der Waals surface area contributed by atoms with Crippen molar-refractivity contribution in [3.63, 3.8) is 0 Å². The highest BCUT2D eigenvalue weighted by Gasteiger charge is 2.44. The second-order valence-corrected chi connectivity index (χ2v) is 6.34. The summed E-state index contributed by atoms with van der Waals surface area (Å²) in [6.07, 6.45) is 1.64. The molecule has 5 heteroatoms. The van der Waals surface area contributed by atoms with Gasteiger partial charge in [0.2, 0.25) is 0 Å². The molecule has 0 bridgehead atoms. The van der Waals surface area contributed by atoms with Crippen molar-refractivity contribution < 1.29 is 13.9 Å². The van der Waals surface area contributed by atoms with E-state index >= 15 is 0 Å². The molecule has 1 heterocycles. The molecule has 1 fully saturated rings. The summed E-state index contributed by atoms with van der Waals surface area (Å²) >= 11 is 0. The number of para-hydroxylation sites is 1. The molecule has 0 aliphatic carbocycles. The number of halogens is 1. The van der Waals surface area contributed by atoms with Crippen LogP contribution in [0.25, 0.3) is 0 Å². The van der Waals surface area contributed by atoms with E-state index in [2.05, 4.69) is 4.99 Å². The maximum Gasteiger partial charge on any atom is 0.180 e. The molecule has 3 rings (SSSR count). The van der Waals surface area contributed by atoms with E-state index in [1.54, 1.807) is 12.4 Å². The smallest absolute Gasteiger partial charge is 0.180 e. The quantitative estimate of drug-likeness (QED) is 0.587. The van der Waals surface area contributed by atoms with Gasteiger partial charge in [0, 0.05) is 19.2 Å². The second-order valence-electron chi connectivity index (χ2n) is 6.34. The Balaban J connectivity index is 1.91. The van der Waals surface area contributed by atoms with Gasteiger partial charge in [-0.15, -0.1) is 0 Å². The maximum absolute atomic E-state index is 14.6. The third-order valence-corrected chi connectivity index (χ3v) is 4.40. The summed E-state index contributed by atoms with van der Waals surface area (Å²) < 4.78 is 26.2. The SMILES string of the molecule is CCN(C)C=Nc1cc(C)c(C2(Oc3ccccc3)COC2)cc1F. The van der Waals surface area contributed by atoms with Crippen LogP contribution in [-0.2, 0) is 10.3 Å². The lowest BCUT2D eigenvalue weighted by molar-refractivity contribution is -0.168. The highest BCUT2D eigenvalue weighted by molar-refractivity contribution is 5.62. The molecule has 1 saturated heterocycles. The second kappa shape index (κ2) is 7.23. The molecule has 132 valence electrons. The summed E-state index contributed by atoms with van der Waals surface area (Å²) in [5.74, 6) is 0.390. The average Bonchev–Trinajstić information content (AvgIpc) is 2.59. The zero-order valence-corrected chi connectivity index (χ0v) is 14.8. The fraction of sp³-hybridized carbons (Fsp3) is 0.350. The summed E-state index contributed by atoms with van der Waals surface area (Å²) in [4.78, 5) is 6.13. The van der Waals surface area contributed by atoms with Crippen molar-refractivity contribution in [3.05, 3.63) is 59.4 Å². The van der Waals surface area contributed by atoms with E-state index in [-0.39, 0.29) is 5.82 Å². The van der Waals surface area contributed by atoms with E-state index in [0.29, 0.717) is 18.9 Å². The number of aryl methyl sites for hydroxylation is 1. The molecule has 0 spiro atoms. The predicted octanol–water partition coefficient (Wildman–Crippen LogP) is 4.05. The third-order valence-electron chi connectivity index (χ3n) is 4.40. The Labute approximate surface area is 147 Å². The molecule has 25 heavy (non-hydrogen) atoms. The molecule has 2 aromatic carbocycles. The molecule has 1 aliphatic heterocycles. The van der Waals surface area contributed by atoms with Gasteiger partial charge in [-0.3, -0.25) is 0 Å². The summed E-state index contributed by atoms with van der Waals surface area (Å²) in [6.45, 7) is 5.59. The van der Waals surface area contributed by atoms with Crippen LogP contribution in [-0.4, -0.2) is 38.0 Å². The normalized spacial score (nSPS) is 15.8. The molecule has 2 aromatic rings. The Morgan fingerprint density at radius 2 is 2.00 bits per heavy atom. The van der Waals surface area contributed by atoms with Crippen LogP contribution in [0, 0.1) is 12.7 Å². The Morgan fingerprint density at radius 1 is 1.28 bits per heavy atom. The molecule has 0 saturated carbocycles. The lowest BCUT2D eigenvalue weighted by Gasteiger charge is -2.42. The van der Waals surface area contributed by atoms with Gasteiger partial charge in [-0.1, -0.05) is 18.2 Å². The van der Waals surface area contributed by atoms with E-state index in [0.717, 1.165) is 23.4 Å². The number of hydrogen-bond acceptors (Lipinski definition) is 3. The lowest BCUT2D eigenvalue weighted by Crippen LogP contribution is -2.52. The zero-order valence-electron chi connectivity index (χ0n) is 14.8. The van der Waals surface area contributed by atoms with Gasteiger partial charge in [0.1, 0.15) is 17.3 Å². The van der Waals surface area contributed by atoms with E-state index in [4.69, 9.17) is 9.47 Å². The average molecular weight is 342 g/mol. The Morgan fingerprint density at radius 3 is 2.60 bits per heavy atom.